The van der Waals surface area contributed by atoms with Gasteiger partial charge in [-0.2, -0.15) is 0 Å². The second-order valence-electron chi connectivity index (χ2n) is 8.44. The second kappa shape index (κ2) is 12.3. The summed E-state index contributed by atoms with van der Waals surface area (Å²) in [6, 6.07) is 14.4. The summed E-state index contributed by atoms with van der Waals surface area (Å²) in [5.41, 5.74) is 0.945. The average Bonchev–Trinajstić information content (AvgIpc) is 2.93. The van der Waals surface area contributed by atoms with Gasteiger partial charge >= 0.3 is 5.56 Å². The van der Waals surface area contributed by atoms with Crippen molar-refractivity contribution in [2.75, 3.05) is 39.9 Å². The van der Waals surface area contributed by atoms with E-state index < -0.39 is 10.9 Å². The fourth-order valence-corrected chi connectivity index (χ4v) is 6.00. The van der Waals surface area contributed by atoms with E-state index in [1.807, 2.05) is 24.5 Å². The summed E-state index contributed by atoms with van der Waals surface area (Å²) < 4.78 is 23.6. The van der Waals surface area contributed by atoms with E-state index in [1.54, 1.807) is 62.4 Å². The highest BCUT2D eigenvalue weighted by Crippen LogP contribution is 2.40. The summed E-state index contributed by atoms with van der Waals surface area (Å²) in [5, 5.41) is 12.2. The highest BCUT2D eigenvalue weighted by molar-refractivity contribution is 7.96. The van der Waals surface area contributed by atoms with Gasteiger partial charge in [-0.3, -0.25) is 9.36 Å². The molecule has 10 heteroatoms. The van der Waals surface area contributed by atoms with E-state index in [-0.39, 0.29) is 17.9 Å². The van der Waals surface area contributed by atoms with Crippen LogP contribution in [-0.4, -0.2) is 54.6 Å². The molecule has 4 aromatic rings. The molecular weight excluding hydrogens is 528 g/mol. The Kier molecular flexibility index (Phi) is 8.91. The molecule has 2 aromatic heterocycles. The fourth-order valence-electron chi connectivity index (χ4n) is 4.20. The van der Waals surface area contributed by atoms with Crippen LogP contribution in [-0.2, 0) is 17.4 Å². The number of benzene rings is 2. The molecular formula is C28H30ClN2O6S+. The number of hydrogen-bond donors (Lipinski definition) is 1. The molecule has 2 aromatic carbocycles. The number of halogens is 1. The summed E-state index contributed by atoms with van der Waals surface area (Å²) in [7, 11) is 4.09. The van der Waals surface area contributed by atoms with E-state index in [4.69, 9.17) is 30.5 Å². The standard InChI is InChI=1S/C28H29ClN2O6S/c1-34-22-15-19(16-23(35-2)25(22)36-3)37-13-8-14-38(4)26-24(32)20-10-7-12-30-27(20)31(28(26)33)17-18-9-5-6-11-21(18)29/h5-7,9-12,15-16H,8,13-14,17H2,1-4H3/p+1. The quantitative estimate of drug-likeness (QED) is 0.207. The topological polar surface area (TPSA) is 92.0 Å². The molecule has 4 rings (SSSR count). The molecule has 0 aliphatic rings. The lowest BCUT2D eigenvalue weighted by Crippen LogP contribution is -2.28. The fraction of sp³-hybridized carbons (Fsp3) is 0.286. The van der Waals surface area contributed by atoms with Crippen LogP contribution in [0.2, 0.25) is 5.02 Å². The minimum absolute atomic E-state index is 0.0233. The third-order valence-electron chi connectivity index (χ3n) is 6.09. The number of methoxy groups -OCH3 is 3. The molecule has 8 nitrogen and oxygen atoms in total. The third kappa shape index (κ3) is 5.63. The normalized spacial score (nSPS) is 11.8. The molecule has 1 unspecified atom stereocenters. The number of ether oxygens (including phenoxy) is 4. The Morgan fingerprint density at radius 1 is 1.03 bits per heavy atom. The summed E-state index contributed by atoms with van der Waals surface area (Å²) >= 11 is 6.38. The molecule has 1 atom stereocenters. The molecule has 0 aliphatic heterocycles. The van der Waals surface area contributed by atoms with Gasteiger partial charge in [-0.05, 0) is 23.8 Å². The van der Waals surface area contributed by atoms with Gasteiger partial charge in [-0.1, -0.05) is 29.8 Å². The zero-order chi connectivity index (χ0) is 27.2. The first-order valence-electron chi connectivity index (χ1n) is 11.9. The maximum atomic E-state index is 13.7. The van der Waals surface area contributed by atoms with Gasteiger partial charge in [-0.25, -0.2) is 4.98 Å². The molecule has 0 saturated heterocycles. The van der Waals surface area contributed by atoms with Crippen molar-refractivity contribution in [2.45, 2.75) is 17.9 Å². The Hall–Kier alpha value is -3.56. The molecule has 0 aliphatic carbocycles. The smallest absolute Gasteiger partial charge is 0.311 e. The van der Waals surface area contributed by atoms with Gasteiger partial charge in [0.25, 0.3) is 4.90 Å². The Morgan fingerprint density at radius 3 is 2.39 bits per heavy atom. The van der Waals surface area contributed by atoms with Gasteiger partial charge in [0, 0.05) is 40.7 Å². The summed E-state index contributed by atoms with van der Waals surface area (Å²) in [6.07, 6.45) is 4.22. The van der Waals surface area contributed by atoms with Crippen molar-refractivity contribution in [2.24, 2.45) is 0 Å². The number of hydrogen-bond acceptors (Lipinski definition) is 7. The van der Waals surface area contributed by atoms with Crippen molar-refractivity contribution < 1.29 is 24.1 Å². The number of pyridine rings is 2. The van der Waals surface area contributed by atoms with Gasteiger partial charge in [0.2, 0.25) is 5.75 Å². The first kappa shape index (κ1) is 27.5. The zero-order valence-corrected chi connectivity index (χ0v) is 23.3. The van der Waals surface area contributed by atoms with E-state index in [0.29, 0.717) is 62.7 Å². The van der Waals surface area contributed by atoms with Crippen molar-refractivity contribution in [1.82, 2.24) is 9.55 Å². The monoisotopic (exact) mass is 557 g/mol. The van der Waals surface area contributed by atoms with Crippen molar-refractivity contribution in [3.05, 3.63) is 75.7 Å². The lowest BCUT2D eigenvalue weighted by molar-refractivity contribution is 0.299. The lowest BCUT2D eigenvalue weighted by atomic mass is 10.2. The number of rotatable bonds is 11. The third-order valence-corrected chi connectivity index (χ3v) is 8.42. The van der Waals surface area contributed by atoms with Gasteiger partial charge < -0.3 is 24.1 Å². The Labute approximate surface area is 229 Å². The predicted octanol–water partition coefficient (Wildman–Crippen LogP) is 4.91. The summed E-state index contributed by atoms with van der Waals surface area (Å²) in [6.45, 7) is 0.653. The minimum atomic E-state index is -0.555. The molecule has 2 heterocycles. The molecule has 38 heavy (non-hydrogen) atoms. The van der Waals surface area contributed by atoms with Crippen LogP contribution < -0.4 is 24.5 Å². The maximum absolute atomic E-state index is 13.7. The Morgan fingerprint density at radius 2 is 1.74 bits per heavy atom. The van der Waals surface area contributed by atoms with Gasteiger partial charge in [-0.15, -0.1) is 0 Å². The number of fused-ring (bicyclic) bond motifs is 1. The summed E-state index contributed by atoms with van der Waals surface area (Å²) in [5.74, 6) is 2.70. The SMILES string of the molecule is COc1cc(OCCC[S+](C)c2c(O)c3cccnc3n(Cc3ccccc3Cl)c2=O)cc(OC)c1OC. The van der Waals surface area contributed by atoms with Crippen LogP contribution in [0.1, 0.15) is 12.0 Å². The molecule has 1 N–H and O–H groups in total. The van der Waals surface area contributed by atoms with Crippen LogP contribution in [0, 0.1) is 0 Å². The first-order valence-corrected chi connectivity index (χ1v) is 14.1. The molecule has 0 spiro atoms. The predicted molar refractivity (Wildman–Crippen MR) is 151 cm³/mol. The van der Waals surface area contributed by atoms with Crippen molar-refractivity contribution in [1.29, 1.82) is 0 Å². The van der Waals surface area contributed by atoms with E-state index in [0.717, 1.165) is 5.56 Å². The van der Waals surface area contributed by atoms with Crippen LogP contribution in [0.15, 0.2) is 64.4 Å². The van der Waals surface area contributed by atoms with Crippen LogP contribution >= 0.6 is 11.6 Å². The Bertz CT molecular complexity index is 1470. The number of aromatic nitrogens is 2. The Balaban J connectivity index is 1.55. The van der Waals surface area contributed by atoms with E-state index in [1.165, 1.54) is 0 Å². The zero-order valence-electron chi connectivity index (χ0n) is 21.7. The van der Waals surface area contributed by atoms with Crippen molar-refractivity contribution in [3.63, 3.8) is 0 Å². The van der Waals surface area contributed by atoms with Gasteiger partial charge in [0.15, 0.2) is 17.2 Å². The summed E-state index contributed by atoms with van der Waals surface area (Å²) in [4.78, 5) is 18.4. The maximum Gasteiger partial charge on any atom is 0.311 e. The number of aromatic hydroxyl groups is 1. The van der Waals surface area contributed by atoms with E-state index >= 15 is 0 Å². The molecule has 0 fully saturated rings. The van der Waals surface area contributed by atoms with Crippen LogP contribution in [0.3, 0.4) is 0 Å². The highest BCUT2D eigenvalue weighted by atomic mass is 35.5. The first-order chi connectivity index (χ1) is 18.4. The largest absolute Gasteiger partial charge is 0.503 e. The number of nitrogens with zero attached hydrogens (tertiary/aromatic N) is 2. The molecule has 200 valence electrons. The van der Waals surface area contributed by atoms with Crippen LogP contribution in [0.25, 0.3) is 11.0 Å². The average molecular weight is 558 g/mol. The molecule has 0 saturated carbocycles. The van der Waals surface area contributed by atoms with E-state index in [9.17, 15) is 9.90 Å². The van der Waals surface area contributed by atoms with Gasteiger partial charge in [0.05, 0.1) is 39.9 Å². The lowest BCUT2D eigenvalue weighted by Gasteiger charge is -2.15. The van der Waals surface area contributed by atoms with Gasteiger partial charge in [0.1, 0.15) is 23.4 Å². The molecule has 0 bridgehead atoms. The molecule has 0 amide bonds. The second-order valence-corrected chi connectivity index (χ2v) is 10.9. The highest BCUT2D eigenvalue weighted by Gasteiger charge is 2.29. The van der Waals surface area contributed by atoms with Crippen LogP contribution in [0.5, 0.6) is 28.7 Å². The van der Waals surface area contributed by atoms with Crippen molar-refractivity contribution >= 4 is 33.5 Å². The van der Waals surface area contributed by atoms with E-state index in [2.05, 4.69) is 4.98 Å². The van der Waals surface area contributed by atoms with Crippen molar-refractivity contribution in [3.8, 4) is 28.7 Å². The minimum Gasteiger partial charge on any atom is -0.503 e. The molecule has 0 radical (unpaired) electrons. The van der Waals surface area contributed by atoms with Crippen LogP contribution in [0.4, 0.5) is 0 Å².